The van der Waals surface area contributed by atoms with Gasteiger partial charge in [-0.1, -0.05) is 0 Å². The molecule has 1 aromatic rings. The molecule has 0 radical (unpaired) electrons. The highest BCUT2D eigenvalue weighted by Crippen LogP contribution is 1.78. The number of amides is 2. The minimum absolute atomic E-state index is 0.373. The molecule has 0 saturated carbocycles. The van der Waals surface area contributed by atoms with E-state index in [0.717, 1.165) is 16.8 Å². The van der Waals surface area contributed by atoms with Gasteiger partial charge in [-0.25, -0.2) is 4.79 Å². The Kier molecular flexibility index (Phi) is 5.21. The first-order valence-corrected chi connectivity index (χ1v) is 5.43. The molecule has 0 atom stereocenters. The van der Waals surface area contributed by atoms with E-state index < -0.39 is 42.1 Å². The normalized spacial score (nSPS) is 9.80. The van der Waals surface area contributed by atoms with Gasteiger partial charge in [-0.15, -0.1) is 0 Å². The molecule has 2 amide bonds. The van der Waals surface area contributed by atoms with Gasteiger partial charge in [0, 0.05) is 12.3 Å². The van der Waals surface area contributed by atoms with Gasteiger partial charge in [-0.3, -0.25) is 28.7 Å². The van der Waals surface area contributed by atoms with E-state index in [4.69, 9.17) is 5.11 Å². The molecule has 1 heterocycles. The molecule has 0 aliphatic rings. The minimum Gasteiger partial charge on any atom is -0.480 e. The Balaban J connectivity index is 2.44. The van der Waals surface area contributed by atoms with E-state index >= 15 is 0 Å². The first-order chi connectivity index (χ1) is 9.38. The predicted molar refractivity (Wildman–Crippen MR) is 65.0 cm³/mol. The third-order valence-corrected chi connectivity index (χ3v) is 2.09. The Morgan fingerprint density at radius 1 is 1.15 bits per heavy atom. The second-order valence-electron chi connectivity index (χ2n) is 3.69. The summed E-state index contributed by atoms with van der Waals surface area (Å²) in [5.41, 5.74) is -1.33. The number of carbonyl (C=O) groups excluding carboxylic acids is 2. The molecule has 10 heteroatoms. The van der Waals surface area contributed by atoms with Crippen LogP contribution in [0.25, 0.3) is 0 Å². The molecule has 1 aromatic heterocycles. The molecular formula is C10H12N4O6. The van der Waals surface area contributed by atoms with Gasteiger partial charge in [-0.2, -0.15) is 0 Å². The van der Waals surface area contributed by atoms with Crippen molar-refractivity contribution in [3.05, 3.63) is 33.1 Å². The Morgan fingerprint density at radius 3 is 2.40 bits per heavy atom. The zero-order valence-corrected chi connectivity index (χ0v) is 10.2. The monoisotopic (exact) mass is 284 g/mol. The van der Waals surface area contributed by atoms with E-state index in [1.54, 1.807) is 0 Å². The highest BCUT2D eigenvalue weighted by Gasteiger charge is 2.08. The van der Waals surface area contributed by atoms with Crippen molar-refractivity contribution in [1.29, 1.82) is 0 Å². The highest BCUT2D eigenvalue weighted by molar-refractivity contribution is 5.86. The van der Waals surface area contributed by atoms with Crippen molar-refractivity contribution in [1.82, 2.24) is 20.2 Å². The molecule has 0 aromatic carbocycles. The first kappa shape index (κ1) is 15.1. The fraction of sp³-hybridized carbons (Fsp3) is 0.300. The first-order valence-electron chi connectivity index (χ1n) is 5.43. The van der Waals surface area contributed by atoms with Crippen LogP contribution in [0.15, 0.2) is 21.9 Å². The molecule has 0 spiro atoms. The van der Waals surface area contributed by atoms with Gasteiger partial charge in [0.2, 0.25) is 11.8 Å². The minimum atomic E-state index is -1.20. The average Bonchev–Trinajstić information content (AvgIpc) is 2.37. The lowest BCUT2D eigenvalue weighted by Gasteiger charge is -2.06. The van der Waals surface area contributed by atoms with Crippen LogP contribution in [-0.2, 0) is 20.9 Å². The number of aliphatic carboxylic acids is 1. The van der Waals surface area contributed by atoms with Crippen molar-refractivity contribution >= 4 is 17.8 Å². The van der Waals surface area contributed by atoms with Gasteiger partial charge < -0.3 is 15.7 Å². The molecule has 0 unspecified atom stereocenters. The zero-order chi connectivity index (χ0) is 15.1. The van der Waals surface area contributed by atoms with E-state index in [1.165, 1.54) is 0 Å². The Bertz CT molecular complexity index is 631. The van der Waals surface area contributed by atoms with Crippen LogP contribution < -0.4 is 21.9 Å². The predicted octanol–water partition coefficient (Wildman–Crippen LogP) is -3.15. The maximum absolute atomic E-state index is 11.4. The Hall–Kier alpha value is -2.91. The lowest BCUT2D eigenvalue weighted by atomic mass is 10.5. The van der Waals surface area contributed by atoms with E-state index in [1.807, 2.05) is 4.98 Å². The summed E-state index contributed by atoms with van der Waals surface area (Å²) >= 11 is 0. The highest BCUT2D eigenvalue weighted by atomic mass is 16.4. The summed E-state index contributed by atoms with van der Waals surface area (Å²) < 4.78 is 0.950. The number of carboxylic acid groups (broad SMARTS) is 1. The van der Waals surface area contributed by atoms with Crippen LogP contribution in [0.3, 0.4) is 0 Å². The van der Waals surface area contributed by atoms with Crippen LogP contribution in [0.4, 0.5) is 0 Å². The number of carbonyl (C=O) groups is 3. The molecule has 108 valence electrons. The second-order valence-corrected chi connectivity index (χ2v) is 3.69. The number of hydrogen-bond donors (Lipinski definition) is 4. The lowest BCUT2D eigenvalue weighted by molar-refractivity contribution is -0.137. The maximum atomic E-state index is 11.4. The summed E-state index contributed by atoms with van der Waals surface area (Å²) in [5.74, 6) is -2.51. The van der Waals surface area contributed by atoms with Crippen molar-refractivity contribution < 1.29 is 19.5 Å². The summed E-state index contributed by atoms with van der Waals surface area (Å²) in [4.78, 5) is 56.8. The maximum Gasteiger partial charge on any atom is 0.328 e. The topological polar surface area (TPSA) is 150 Å². The molecule has 4 N–H and O–H groups in total. The summed E-state index contributed by atoms with van der Waals surface area (Å²) in [7, 11) is 0. The molecule has 20 heavy (non-hydrogen) atoms. The van der Waals surface area contributed by atoms with Crippen LogP contribution in [0, 0.1) is 0 Å². The van der Waals surface area contributed by atoms with E-state index in [2.05, 4.69) is 10.6 Å². The van der Waals surface area contributed by atoms with Crippen molar-refractivity contribution in [2.45, 2.75) is 6.54 Å². The number of nitrogens with one attached hydrogen (secondary N) is 3. The van der Waals surface area contributed by atoms with Crippen LogP contribution >= 0.6 is 0 Å². The SMILES string of the molecule is O=C(O)CNC(=O)CNC(=O)Cn1ccc(=O)[nH]c1=O. The number of H-pyrrole nitrogens is 1. The van der Waals surface area contributed by atoms with Gasteiger partial charge in [-0.05, 0) is 0 Å². The quantitative estimate of drug-likeness (QED) is 0.433. The van der Waals surface area contributed by atoms with E-state index in [0.29, 0.717) is 0 Å². The molecule has 1 rings (SSSR count). The van der Waals surface area contributed by atoms with Gasteiger partial charge in [0.05, 0.1) is 6.54 Å². The smallest absolute Gasteiger partial charge is 0.328 e. The van der Waals surface area contributed by atoms with Crippen LogP contribution in [0.2, 0.25) is 0 Å². The summed E-state index contributed by atoms with van der Waals surface area (Å²) in [6.45, 7) is -1.33. The van der Waals surface area contributed by atoms with Gasteiger partial charge in [0.25, 0.3) is 5.56 Å². The summed E-state index contributed by atoms with van der Waals surface area (Å²) in [6.07, 6.45) is 1.14. The molecule has 10 nitrogen and oxygen atoms in total. The lowest BCUT2D eigenvalue weighted by Crippen LogP contribution is -2.41. The van der Waals surface area contributed by atoms with Gasteiger partial charge >= 0.3 is 11.7 Å². The van der Waals surface area contributed by atoms with Crippen LogP contribution in [0.1, 0.15) is 0 Å². The van der Waals surface area contributed by atoms with Crippen molar-refractivity contribution in [3.63, 3.8) is 0 Å². The third kappa shape index (κ3) is 5.16. The summed E-state index contributed by atoms with van der Waals surface area (Å²) in [5, 5.41) is 12.6. The molecule has 0 aliphatic heterocycles. The summed E-state index contributed by atoms with van der Waals surface area (Å²) in [6, 6.07) is 1.08. The zero-order valence-electron chi connectivity index (χ0n) is 10.2. The van der Waals surface area contributed by atoms with Crippen LogP contribution in [0.5, 0.6) is 0 Å². The average molecular weight is 284 g/mol. The number of hydrogen-bond acceptors (Lipinski definition) is 5. The standard InChI is InChI=1S/C10H12N4O6/c15-6-1-2-14(10(20)13-6)5-8(17)11-3-7(16)12-4-9(18)19/h1-2H,3-5H2,(H,11,17)(H,12,16)(H,18,19)(H,13,15,20). The third-order valence-electron chi connectivity index (χ3n) is 2.09. The van der Waals surface area contributed by atoms with Crippen LogP contribution in [-0.4, -0.2) is 45.5 Å². The molecule has 0 bridgehead atoms. The van der Waals surface area contributed by atoms with Crippen molar-refractivity contribution in [3.8, 4) is 0 Å². The Morgan fingerprint density at radius 2 is 1.80 bits per heavy atom. The number of rotatable bonds is 6. The second kappa shape index (κ2) is 6.87. The number of aromatic amines is 1. The molecule has 0 fully saturated rings. The van der Waals surface area contributed by atoms with Crippen molar-refractivity contribution in [2.75, 3.05) is 13.1 Å². The fourth-order valence-corrected chi connectivity index (χ4v) is 1.19. The molecule has 0 aliphatic carbocycles. The Labute approximate surface area is 111 Å². The van der Waals surface area contributed by atoms with Gasteiger partial charge in [0.1, 0.15) is 13.1 Å². The number of nitrogens with zero attached hydrogens (tertiary/aromatic N) is 1. The van der Waals surface area contributed by atoms with Crippen molar-refractivity contribution in [2.24, 2.45) is 0 Å². The van der Waals surface area contributed by atoms with E-state index in [-0.39, 0.29) is 6.54 Å². The number of aromatic nitrogens is 2. The number of carboxylic acids is 1. The van der Waals surface area contributed by atoms with E-state index in [9.17, 15) is 24.0 Å². The molecule has 0 saturated heterocycles. The largest absolute Gasteiger partial charge is 0.480 e. The fourth-order valence-electron chi connectivity index (χ4n) is 1.19. The van der Waals surface area contributed by atoms with Gasteiger partial charge in [0.15, 0.2) is 0 Å². The molecular weight excluding hydrogens is 272 g/mol.